The highest BCUT2D eigenvalue weighted by Crippen LogP contribution is 2.20. The molecule has 0 saturated heterocycles. The highest BCUT2D eigenvalue weighted by atomic mass is 16.5. The van der Waals surface area contributed by atoms with E-state index in [4.69, 9.17) is 9.84 Å². The summed E-state index contributed by atoms with van der Waals surface area (Å²) in [6, 6.07) is 9.74. The number of nitrogens with one attached hydrogen (secondary N) is 1. The average Bonchev–Trinajstić information content (AvgIpc) is 2.92. The Morgan fingerprint density at radius 2 is 2.00 bits per heavy atom. The predicted octanol–water partition coefficient (Wildman–Crippen LogP) is 1.40. The van der Waals surface area contributed by atoms with Gasteiger partial charge in [-0.25, -0.2) is 14.3 Å². The van der Waals surface area contributed by atoms with E-state index in [1.807, 2.05) is 0 Å². The molecule has 7 heteroatoms. The first-order valence-electron chi connectivity index (χ1n) is 6.09. The number of ether oxygens (including phenoxy) is 1. The minimum Gasteiger partial charge on any atom is -0.497 e. The molecule has 106 valence electrons. The van der Waals surface area contributed by atoms with E-state index in [-0.39, 0.29) is 16.9 Å². The van der Waals surface area contributed by atoms with Crippen LogP contribution in [0.25, 0.3) is 16.9 Å². The Hall–Kier alpha value is -3.09. The van der Waals surface area contributed by atoms with Crippen molar-refractivity contribution in [1.82, 2.24) is 14.6 Å². The van der Waals surface area contributed by atoms with E-state index >= 15 is 0 Å². The molecule has 0 bridgehead atoms. The standard InChI is InChI=1S/C14H11N3O4/c1-21-9-4-2-8(3-5-9)10-7-13(18)17-12(15-10)6-11(16-17)14(19)20/h2-7,16H,1H3,(H,19,20). The molecule has 0 fully saturated rings. The minimum atomic E-state index is -1.15. The molecule has 0 amide bonds. The molecule has 1 aromatic carbocycles. The van der Waals surface area contributed by atoms with E-state index in [9.17, 15) is 9.59 Å². The van der Waals surface area contributed by atoms with Crippen LogP contribution in [0.1, 0.15) is 10.5 Å². The van der Waals surface area contributed by atoms with Crippen LogP contribution in [0.15, 0.2) is 41.2 Å². The minimum absolute atomic E-state index is 0.0912. The van der Waals surface area contributed by atoms with Gasteiger partial charge in [0, 0.05) is 17.7 Å². The van der Waals surface area contributed by atoms with Crippen LogP contribution in [0, 0.1) is 0 Å². The maximum atomic E-state index is 12.0. The van der Waals surface area contributed by atoms with E-state index < -0.39 is 5.97 Å². The first-order chi connectivity index (χ1) is 10.1. The zero-order valence-corrected chi connectivity index (χ0v) is 11.0. The molecule has 2 aromatic heterocycles. The molecule has 0 aliphatic heterocycles. The van der Waals surface area contributed by atoms with E-state index in [0.717, 1.165) is 10.1 Å². The smallest absolute Gasteiger partial charge is 0.353 e. The van der Waals surface area contributed by atoms with Gasteiger partial charge < -0.3 is 9.84 Å². The third-order valence-electron chi connectivity index (χ3n) is 3.07. The second kappa shape index (κ2) is 4.78. The van der Waals surface area contributed by atoms with Crippen LogP contribution >= 0.6 is 0 Å². The number of benzene rings is 1. The summed E-state index contributed by atoms with van der Waals surface area (Å²) in [4.78, 5) is 27.2. The van der Waals surface area contributed by atoms with Gasteiger partial charge in [-0.2, -0.15) is 0 Å². The van der Waals surface area contributed by atoms with Crippen LogP contribution in [0.4, 0.5) is 0 Å². The predicted molar refractivity (Wildman–Crippen MR) is 74.8 cm³/mol. The summed E-state index contributed by atoms with van der Waals surface area (Å²) in [6.45, 7) is 0. The Bertz CT molecular complexity index is 877. The second-order valence-electron chi connectivity index (χ2n) is 4.38. The van der Waals surface area contributed by atoms with E-state index in [1.54, 1.807) is 31.4 Å². The lowest BCUT2D eigenvalue weighted by molar-refractivity contribution is 0.0690. The number of carbonyl (C=O) groups is 1. The molecule has 3 rings (SSSR count). The monoisotopic (exact) mass is 285 g/mol. The first-order valence-corrected chi connectivity index (χ1v) is 6.09. The summed E-state index contributed by atoms with van der Waals surface area (Å²) in [6.07, 6.45) is 0. The third kappa shape index (κ3) is 2.25. The van der Waals surface area contributed by atoms with Gasteiger partial charge in [-0.15, -0.1) is 0 Å². The van der Waals surface area contributed by atoms with Crippen LogP contribution in [-0.2, 0) is 0 Å². The normalized spacial score (nSPS) is 10.7. The number of nitrogens with zero attached hydrogens (tertiary/aromatic N) is 2. The number of hydrogen-bond acceptors (Lipinski definition) is 4. The quantitative estimate of drug-likeness (QED) is 0.758. The molecule has 21 heavy (non-hydrogen) atoms. The van der Waals surface area contributed by atoms with Crippen molar-refractivity contribution in [3.63, 3.8) is 0 Å². The number of methoxy groups -OCH3 is 1. The van der Waals surface area contributed by atoms with Crippen LogP contribution in [0.3, 0.4) is 0 Å². The molecule has 3 aromatic rings. The lowest BCUT2D eigenvalue weighted by atomic mass is 10.1. The van der Waals surface area contributed by atoms with Crippen LogP contribution in [0.5, 0.6) is 5.75 Å². The van der Waals surface area contributed by atoms with Crippen molar-refractivity contribution in [2.45, 2.75) is 0 Å². The summed E-state index contributed by atoms with van der Waals surface area (Å²) in [5.41, 5.74) is 1.00. The van der Waals surface area contributed by atoms with Gasteiger partial charge in [0.2, 0.25) is 0 Å². The van der Waals surface area contributed by atoms with Gasteiger partial charge in [0.25, 0.3) is 5.56 Å². The Balaban J connectivity index is 2.14. The zero-order chi connectivity index (χ0) is 15.0. The number of aromatic amines is 1. The van der Waals surface area contributed by atoms with E-state index in [1.165, 1.54) is 12.1 Å². The van der Waals surface area contributed by atoms with Crippen molar-refractivity contribution < 1.29 is 14.6 Å². The van der Waals surface area contributed by atoms with Gasteiger partial charge in [-0.05, 0) is 24.3 Å². The summed E-state index contributed by atoms with van der Waals surface area (Å²) >= 11 is 0. The maximum Gasteiger partial charge on any atom is 0.353 e. The maximum absolute atomic E-state index is 12.0. The lowest BCUT2D eigenvalue weighted by Gasteiger charge is -2.03. The fraction of sp³-hybridized carbons (Fsp3) is 0.0714. The average molecular weight is 285 g/mol. The topological polar surface area (TPSA) is 96.7 Å². The summed E-state index contributed by atoms with van der Waals surface area (Å²) in [5.74, 6) is -0.447. The number of aromatic nitrogens is 3. The molecule has 0 radical (unpaired) electrons. The van der Waals surface area contributed by atoms with Gasteiger partial charge >= 0.3 is 5.97 Å². The van der Waals surface area contributed by atoms with Gasteiger partial charge in [0.1, 0.15) is 11.4 Å². The molecule has 0 unspecified atom stereocenters. The summed E-state index contributed by atoms with van der Waals surface area (Å²) < 4.78 is 6.17. The lowest BCUT2D eigenvalue weighted by Crippen LogP contribution is -2.14. The number of fused-ring (bicyclic) bond motifs is 1. The molecule has 2 N–H and O–H groups in total. The molecule has 7 nitrogen and oxygen atoms in total. The Morgan fingerprint density at radius 3 is 2.62 bits per heavy atom. The zero-order valence-electron chi connectivity index (χ0n) is 11.0. The SMILES string of the molecule is COc1ccc(-c2cc(=O)n3[nH]c(C(=O)O)cc3n2)cc1. The molecular formula is C14H11N3O4. The van der Waals surface area contributed by atoms with Gasteiger partial charge in [-0.3, -0.25) is 9.89 Å². The highest BCUT2D eigenvalue weighted by Gasteiger charge is 2.11. The first kappa shape index (κ1) is 12.9. The van der Waals surface area contributed by atoms with Gasteiger partial charge in [-0.1, -0.05) is 0 Å². The van der Waals surface area contributed by atoms with Crippen LogP contribution < -0.4 is 10.3 Å². The van der Waals surface area contributed by atoms with Crippen molar-refractivity contribution in [1.29, 1.82) is 0 Å². The van der Waals surface area contributed by atoms with Crippen LogP contribution in [0.2, 0.25) is 0 Å². The number of carboxylic acid groups (broad SMARTS) is 1. The van der Waals surface area contributed by atoms with Gasteiger partial charge in [0.05, 0.1) is 12.8 Å². The number of H-pyrrole nitrogens is 1. The largest absolute Gasteiger partial charge is 0.497 e. The van der Waals surface area contributed by atoms with Crippen molar-refractivity contribution in [3.05, 3.63) is 52.4 Å². The van der Waals surface area contributed by atoms with Crippen molar-refractivity contribution in [3.8, 4) is 17.0 Å². The fourth-order valence-electron chi connectivity index (χ4n) is 2.01. The number of hydrogen-bond donors (Lipinski definition) is 2. The molecule has 2 heterocycles. The Morgan fingerprint density at radius 1 is 1.29 bits per heavy atom. The second-order valence-corrected chi connectivity index (χ2v) is 4.38. The van der Waals surface area contributed by atoms with Crippen molar-refractivity contribution in [2.24, 2.45) is 0 Å². The Kier molecular flexibility index (Phi) is 2.94. The molecule has 0 aliphatic rings. The number of aromatic carboxylic acids is 1. The fourth-order valence-corrected chi connectivity index (χ4v) is 2.01. The highest BCUT2D eigenvalue weighted by molar-refractivity contribution is 5.86. The molecule has 0 aliphatic carbocycles. The molecular weight excluding hydrogens is 274 g/mol. The molecule has 0 saturated carbocycles. The summed E-state index contributed by atoms with van der Waals surface area (Å²) in [7, 11) is 1.57. The van der Waals surface area contributed by atoms with Crippen LogP contribution in [-0.4, -0.2) is 32.8 Å². The number of carboxylic acids is 1. The number of rotatable bonds is 3. The summed E-state index contributed by atoms with van der Waals surface area (Å²) in [5, 5.41) is 11.4. The third-order valence-corrected chi connectivity index (χ3v) is 3.07. The van der Waals surface area contributed by atoms with E-state index in [2.05, 4.69) is 10.1 Å². The Labute approximate surface area is 118 Å². The van der Waals surface area contributed by atoms with Crippen molar-refractivity contribution in [2.75, 3.05) is 7.11 Å². The van der Waals surface area contributed by atoms with Gasteiger partial charge in [0.15, 0.2) is 5.65 Å². The van der Waals surface area contributed by atoms with Crippen molar-refractivity contribution >= 4 is 11.6 Å². The van der Waals surface area contributed by atoms with E-state index in [0.29, 0.717) is 11.4 Å². The molecule has 0 atom stereocenters. The molecule has 0 spiro atoms.